The SMILES string of the molecule is [CH2]c1cc2c(c(C(F)(F)F)c1)CN(c1cc(C3(c4nncn4C)CC(F)(F)C3)cc(C3CC3)n1)C2=O. The van der Waals surface area contributed by atoms with Crippen molar-refractivity contribution >= 4 is 11.7 Å². The second kappa shape index (κ2) is 7.33. The molecule has 2 fully saturated rings. The fraction of sp³-hybridized carbons (Fsp3) is 0.400. The quantitative estimate of drug-likeness (QED) is 0.462. The van der Waals surface area contributed by atoms with Crippen LogP contribution in [0.2, 0.25) is 0 Å². The van der Waals surface area contributed by atoms with E-state index in [9.17, 15) is 26.7 Å². The second-order valence-corrected chi connectivity index (χ2v) is 10.0. The molecule has 2 aromatic heterocycles. The molecule has 0 N–H and O–H groups in total. The van der Waals surface area contributed by atoms with E-state index in [-0.39, 0.29) is 35.0 Å². The van der Waals surface area contributed by atoms with Gasteiger partial charge in [-0.05, 0) is 60.7 Å². The maximum Gasteiger partial charge on any atom is 0.416 e. The van der Waals surface area contributed by atoms with Crippen LogP contribution in [0.3, 0.4) is 0 Å². The fourth-order valence-electron chi connectivity index (χ4n) is 5.48. The van der Waals surface area contributed by atoms with Crippen LogP contribution in [-0.2, 0) is 25.2 Å². The maximum atomic E-state index is 14.3. The lowest BCUT2D eigenvalue weighted by Gasteiger charge is -2.47. The van der Waals surface area contributed by atoms with Crippen LogP contribution >= 0.6 is 0 Å². The van der Waals surface area contributed by atoms with E-state index < -0.39 is 41.8 Å². The molecule has 3 heterocycles. The van der Waals surface area contributed by atoms with Gasteiger partial charge in [0.25, 0.3) is 11.8 Å². The lowest BCUT2D eigenvalue weighted by molar-refractivity contribution is -0.138. The number of aryl methyl sites for hydroxylation is 1. The monoisotopic (exact) mass is 502 g/mol. The minimum atomic E-state index is -4.66. The van der Waals surface area contributed by atoms with Gasteiger partial charge in [0, 0.05) is 37.1 Å². The lowest BCUT2D eigenvalue weighted by atomic mass is 9.61. The van der Waals surface area contributed by atoms with Crippen LogP contribution in [0, 0.1) is 6.92 Å². The van der Waals surface area contributed by atoms with Crippen LogP contribution in [-0.4, -0.2) is 31.6 Å². The van der Waals surface area contributed by atoms with Crippen molar-refractivity contribution in [1.29, 1.82) is 0 Å². The zero-order chi connectivity index (χ0) is 25.6. The Balaban J connectivity index is 1.48. The van der Waals surface area contributed by atoms with Crippen molar-refractivity contribution in [3.63, 3.8) is 0 Å². The summed E-state index contributed by atoms with van der Waals surface area (Å²) in [6.07, 6.45) is -2.47. The molecule has 6 rings (SSSR count). The van der Waals surface area contributed by atoms with Gasteiger partial charge in [0.15, 0.2) is 0 Å². The summed E-state index contributed by atoms with van der Waals surface area (Å²) in [6, 6.07) is 5.58. The molecule has 1 aliphatic heterocycles. The van der Waals surface area contributed by atoms with Crippen molar-refractivity contribution in [3.8, 4) is 0 Å². The van der Waals surface area contributed by atoms with Crippen LogP contribution in [0.25, 0.3) is 0 Å². The highest BCUT2D eigenvalue weighted by molar-refractivity contribution is 6.10. The molecule has 36 heavy (non-hydrogen) atoms. The summed E-state index contributed by atoms with van der Waals surface area (Å²) in [5.41, 5.74) is -1.05. The first-order valence-electron chi connectivity index (χ1n) is 11.5. The molecule has 0 atom stereocenters. The molecule has 6 nitrogen and oxygen atoms in total. The van der Waals surface area contributed by atoms with Crippen molar-refractivity contribution < 1.29 is 26.7 Å². The van der Waals surface area contributed by atoms with E-state index in [1.54, 1.807) is 17.7 Å². The predicted octanol–water partition coefficient (Wildman–Crippen LogP) is 5.16. The van der Waals surface area contributed by atoms with Gasteiger partial charge in [0.2, 0.25) is 0 Å². The zero-order valence-electron chi connectivity index (χ0n) is 19.2. The van der Waals surface area contributed by atoms with Gasteiger partial charge < -0.3 is 4.57 Å². The van der Waals surface area contributed by atoms with Gasteiger partial charge in [-0.1, -0.05) is 0 Å². The molecule has 11 heteroatoms. The number of aromatic nitrogens is 4. The van der Waals surface area contributed by atoms with E-state index >= 15 is 0 Å². The number of alkyl halides is 5. The van der Waals surface area contributed by atoms with E-state index in [4.69, 9.17) is 0 Å². The van der Waals surface area contributed by atoms with Gasteiger partial charge in [0.05, 0.1) is 17.5 Å². The standard InChI is InChI=1S/C25H21F5N5O/c1-13-5-16-17(18(6-13)25(28,29)30)9-35(21(16)36)20-8-15(7-19(32-20)14-3-4-14)23(10-24(26,27)11-23)22-33-31-12-34(22)2/h5-8,12,14H,1,3-4,9-11H2,2H3. The molecule has 0 spiro atoms. The molecule has 0 saturated heterocycles. The number of nitrogens with zero attached hydrogens (tertiary/aromatic N) is 5. The van der Waals surface area contributed by atoms with Crippen LogP contribution in [0.1, 0.15) is 75.7 Å². The van der Waals surface area contributed by atoms with E-state index in [0.29, 0.717) is 17.1 Å². The third-order valence-electron chi connectivity index (χ3n) is 7.32. The highest BCUT2D eigenvalue weighted by Crippen LogP contribution is 2.57. The Bertz CT molecular complexity index is 1400. The van der Waals surface area contributed by atoms with Gasteiger partial charge in [-0.15, -0.1) is 10.2 Å². The normalized spacial score (nSPS) is 20.4. The molecule has 187 valence electrons. The molecule has 1 amide bonds. The Kier molecular flexibility index (Phi) is 4.69. The highest BCUT2D eigenvalue weighted by Gasteiger charge is 2.61. The lowest BCUT2D eigenvalue weighted by Crippen LogP contribution is -2.51. The van der Waals surface area contributed by atoms with Gasteiger partial charge in [0.1, 0.15) is 18.0 Å². The molecular formula is C25H21F5N5O. The number of hydrogen-bond acceptors (Lipinski definition) is 4. The summed E-state index contributed by atoms with van der Waals surface area (Å²) in [5, 5.41) is 7.98. The largest absolute Gasteiger partial charge is 0.416 e. The number of benzene rings is 1. The average Bonchev–Trinajstić information content (AvgIpc) is 3.47. The number of pyridine rings is 1. The van der Waals surface area contributed by atoms with Gasteiger partial charge in [-0.2, -0.15) is 13.2 Å². The van der Waals surface area contributed by atoms with Gasteiger partial charge in [-0.25, -0.2) is 13.8 Å². The van der Waals surface area contributed by atoms with E-state index in [1.807, 2.05) is 0 Å². The Morgan fingerprint density at radius 3 is 2.42 bits per heavy atom. The maximum absolute atomic E-state index is 14.3. The molecule has 0 unspecified atom stereocenters. The van der Waals surface area contributed by atoms with Crippen LogP contribution in [0.4, 0.5) is 27.8 Å². The van der Waals surface area contributed by atoms with E-state index in [2.05, 4.69) is 22.1 Å². The van der Waals surface area contributed by atoms with Crippen LogP contribution < -0.4 is 4.90 Å². The number of rotatable bonds is 4. The number of carbonyl (C=O) groups excluding carboxylic acids is 1. The van der Waals surface area contributed by atoms with Crippen molar-refractivity contribution in [3.05, 3.63) is 76.9 Å². The Hall–Kier alpha value is -3.37. The fourth-order valence-corrected chi connectivity index (χ4v) is 5.48. The summed E-state index contributed by atoms with van der Waals surface area (Å²) in [4.78, 5) is 19.1. The summed E-state index contributed by atoms with van der Waals surface area (Å²) in [5.74, 6) is -2.91. The van der Waals surface area contributed by atoms with Gasteiger partial charge >= 0.3 is 6.18 Å². The minimum absolute atomic E-state index is 0.0757. The van der Waals surface area contributed by atoms with Crippen molar-refractivity contribution in [2.24, 2.45) is 7.05 Å². The van der Waals surface area contributed by atoms with Crippen molar-refractivity contribution in [2.75, 3.05) is 4.90 Å². The first-order chi connectivity index (χ1) is 16.9. The first kappa shape index (κ1) is 23.1. The minimum Gasteiger partial charge on any atom is -0.320 e. The summed E-state index contributed by atoms with van der Waals surface area (Å²) in [6.45, 7) is 3.27. The van der Waals surface area contributed by atoms with Crippen molar-refractivity contribution in [1.82, 2.24) is 19.7 Å². The average molecular weight is 502 g/mol. The number of halogens is 5. The Morgan fingerprint density at radius 2 is 1.83 bits per heavy atom. The topological polar surface area (TPSA) is 63.9 Å². The van der Waals surface area contributed by atoms with E-state index in [0.717, 1.165) is 18.9 Å². The summed E-state index contributed by atoms with van der Waals surface area (Å²) < 4.78 is 71.4. The third-order valence-corrected chi connectivity index (χ3v) is 7.32. The summed E-state index contributed by atoms with van der Waals surface area (Å²) in [7, 11) is 1.67. The van der Waals surface area contributed by atoms with E-state index in [1.165, 1.54) is 23.4 Å². The summed E-state index contributed by atoms with van der Waals surface area (Å²) >= 11 is 0. The number of fused-ring (bicyclic) bond motifs is 1. The Labute approximate surface area is 203 Å². The third kappa shape index (κ3) is 3.50. The van der Waals surface area contributed by atoms with Crippen molar-refractivity contribution in [2.45, 2.75) is 55.7 Å². The van der Waals surface area contributed by atoms with Crippen LogP contribution in [0.15, 0.2) is 30.6 Å². The number of anilines is 1. The second-order valence-electron chi connectivity index (χ2n) is 10.0. The molecule has 1 aromatic carbocycles. The molecular weight excluding hydrogens is 481 g/mol. The molecule has 3 aromatic rings. The van der Waals surface area contributed by atoms with Gasteiger partial charge in [-0.3, -0.25) is 9.69 Å². The molecule has 2 saturated carbocycles. The molecule has 2 aliphatic carbocycles. The number of carbonyl (C=O) groups is 1. The van der Waals surface area contributed by atoms with Crippen LogP contribution in [0.5, 0.6) is 0 Å². The number of amides is 1. The molecule has 1 radical (unpaired) electrons. The molecule has 0 bridgehead atoms. The first-order valence-corrected chi connectivity index (χ1v) is 11.5. The zero-order valence-corrected chi connectivity index (χ0v) is 19.2. The predicted molar refractivity (Wildman–Crippen MR) is 119 cm³/mol. The Morgan fingerprint density at radius 1 is 1.11 bits per heavy atom. The number of hydrogen-bond donors (Lipinski definition) is 0. The smallest absolute Gasteiger partial charge is 0.320 e. The highest BCUT2D eigenvalue weighted by atomic mass is 19.4. The molecule has 3 aliphatic rings.